The number of hydrogen-bond acceptors (Lipinski definition) is 2. The highest BCUT2D eigenvalue weighted by Crippen LogP contribution is 2.32. The fourth-order valence-electron chi connectivity index (χ4n) is 2.02. The van der Waals surface area contributed by atoms with Gasteiger partial charge in [-0.15, -0.1) is 0 Å². The Bertz CT molecular complexity index is 601. The van der Waals surface area contributed by atoms with Gasteiger partial charge in [0.15, 0.2) is 0 Å². The monoisotopic (exact) mass is 279 g/mol. The Kier molecular flexibility index (Phi) is 4.08. The third-order valence-corrected chi connectivity index (χ3v) is 3.35. The summed E-state index contributed by atoms with van der Waals surface area (Å²) in [4.78, 5) is 0. The van der Waals surface area contributed by atoms with E-state index in [-0.39, 0.29) is 5.82 Å². The fraction of sp³-hybridized carbons (Fsp3) is 0.200. The number of methoxy groups -OCH3 is 1. The van der Waals surface area contributed by atoms with Crippen LogP contribution in [0.2, 0.25) is 5.02 Å². The maximum absolute atomic E-state index is 13.1. The Morgan fingerprint density at radius 3 is 2.53 bits per heavy atom. The normalized spacial score (nSPS) is 12.3. The van der Waals surface area contributed by atoms with Gasteiger partial charge in [-0.3, -0.25) is 0 Å². The molecule has 1 atom stereocenters. The third-order valence-electron chi connectivity index (χ3n) is 3.02. The van der Waals surface area contributed by atoms with Gasteiger partial charge in [-0.25, -0.2) is 4.39 Å². The van der Waals surface area contributed by atoms with E-state index in [1.54, 1.807) is 13.2 Å². The number of rotatable bonds is 3. The average Bonchev–Trinajstić information content (AvgIpc) is 2.38. The van der Waals surface area contributed by atoms with Gasteiger partial charge < -0.3 is 10.5 Å². The topological polar surface area (TPSA) is 35.2 Å². The molecular weight excluding hydrogens is 265 g/mol. The zero-order chi connectivity index (χ0) is 14.0. The van der Waals surface area contributed by atoms with E-state index in [1.807, 2.05) is 25.1 Å². The van der Waals surface area contributed by atoms with Gasteiger partial charge in [-0.1, -0.05) is 35.4 Å². The maximum atomic E-state index is 13.1. The molecule has 2 N–H and O–H groups in total. The summed E-state index contributed by atoms with van der Waals surface area (Å²) in [7, 11) is 1.59. The van der Waals surface area contributed by atoms with Crippen molar-refractivity contribution in [2.45, 2.75) is 13.0 Å². The first-order valence-electron chi connectivity index (χ1n) is 5.88. The lowest BCUT2D eigenvalue weighted by Crippen LogP contribution is -2.14. The van der Waals surface area contributed by atoms with Crippen molar-refractivity contribution in [3.05, 3.63) is 63.9 Å². The molecule has 0 saturated carbocycles. The van der Waals surface area contributed by atoms with Gasteiger partial charge in [0.1, 0.15) is 11.6 Å². The largest absolute Gasteiger partial charge is 0.496 e. The van der Waals surface area contributed by atoms with E-state index in [0.29, 0.717) is 16.3 Å². The first-order valence-corrected chi connectivity index (χ1v) is 6.26. The lowest BCUT2D eigenvalue weighted by molar-refractivity contribution is 0.407. The van der Waals surface area contributed by atoms with Gasteiger partial charge >= 0.3 is 0 Å². The summed E-state index contributed by atoms with van der Waals surface area (Å²) in [5.74, 6) is 0.315. The van der Waals surface area contributed by atoms with Crippen LogP contribution >= 0.6 is 11.6 Å². The van der Waals surface area contributed by atoms with Crippen molar-refractivity contribution in [3.63, 3.8) is 0 Å². The molecule has 2 nitrogen and oxygen atoms in total. The van der Waals surface area contributed by atoms with Crippen molar-refractivity contribution in [1.82, 2.24) is 0 Å². The fourth-order valence-corrected chi connectivity index (χ4v) is 2.30. The SMILES string of the molecule is COc1ccc(C)cc1C(N)c1ccc(F)cc1Cl. The van der Waals surface area contributed by atoms with Crippen molar-refractivity contribution in [1.29, 1.82) is 0 Å². The molecule has 100 valence electrons. The summed E-state index contributed by atoms with van der Waals surface area (Å²) in [6.45, 7) is 1.97. The van der Waals surface area contributed by atoms with E-state index >= 15 is 0 Å². The number of aryl methyl sites for hydroxylation is 1. The quantitative estimate of drug-likeness (QED) is 0.926. The van der Waals surface area contributed by atoms with Gasteiger partial charge in [-0.05, 0) is 30.7 Å². The van der Waals surface area contributed by atoms with Crippen LogP contribution in [0.15, 0.2) is 36.4 Å². The maximum Gasteiger partial charge on any atom is 0.124 e. The van der Waals surface area contributed by atoms with Crippen LogP contribution in [-0.2, 0) is 0 Å². The molecular formula is C15H15ClFNO. The van der Waals surface area contributed by atoms with Gasteiger partial charge in [0.25, 0.3) is 0 Å². The minimum absolute atomic E-state index is 0.316. The summed E-state index contributed by atoms with van der Waals surface area (Å²) in [6, 6.07) is 9.52. The molecule has 0 aliphatic heterocycles. The number of halogens is 2. The summed E-state index contributed by atoms with van der Waals surface area (Å²) >= 11 is 6.05. The highest BCUT2D eigenvalue weighted by molar-refractivity contribution is 6.31. The average molecular weight is 280 g/mol. The second-order valence-corrected chi connectivity index (χ2v) is 4.80. The smallest absolute Gasteiger partial charge is 0.124 e. The standard InChI is InChI=1S/C15H15ClFNO/c1-9-3-6-14(19-2)12(7-9)15(18)11-5-4-10(17)8-13(11)16/h3-8,15H,18H2,1-2H3. The van der Waals surface area contributed by atoms with Crippen LogP contribution < -0.4 is 10.5 Å². The molecule has 0 amide bonds. The van der Waals surface area contributed by atoms with Crippen LogP contribution in [0, 0.1) is 12.7 Å². The molecule has 1 unspecified atom stereocenters. The Balaban J connectivity index is 2.49. The van der Waals surface area contributed by atoms with Gasteiger partial charge in [0.2, 0.25) is 0 Å². The summed E-state index contributed by atoms with van der Waals surface area (Å²) in [5, 5.41) is 0.316. The second-order valence-electron chi connectivity index (χ2n) is 4.39. The summed E-state index contributed by atoms with van der Waals surface area (Å²) < 4.78 is 18.4. The van der Waals surface area contributed by atoms with E-state index in [0.717, 1.165) is 11.1 Å². The molecule has 0 saturated heterocycles. The minimum atomic E-state index is -0.456. The molecule has 0 aliphatic rings. The van der Waals surface area contributed by atoms with E-state index in [2.05, 4.69) is 0 Å². The van der Waals surface area contributed by atoms with Crippen molar-refractivity contribution in [2.24, 2.45) is 5.73 Å². The van der Waals surface area contributed by atoms with E-state index < -0.39 is 6.04 Å². The zero-order valence-electron chi connectivity index (χ0n) is 10.8. The van der Waals surface area contributed by atoms with Crippen molar-refractivity contribution in [3.8, 4) is 5.75 Å². The molecule has 0 radical (unpaired) electrons. The van der Waals surface area contributed by atoms with Crippen LogP contribution in [0.5, 0.6) is 5.75 Å². The molecule has 0 heterocycles. The number of hydrogen-bond donors (Lipinski definition) is 1. The number of nitrogens with two attached hydrogens (primary N) is 1. The van der Waals surface area contributed by atoms with Crippen LogP contribution in [0.3, 0.4) is 0 Å². The second kappa shape index (κ2) is 5.59. The molecule has 0 bridgehead atoms. The Morgan fingerprint density at radius 1 is 1.16 bits per heavy atom. The first kappa shape index (κ1) is 13.8. The number of benzene rings is 2. The summed E-state index contributed by atoms with van der Waals surface area (Å²) in [6.07, 6.45) is 0. The molecule has 4 heteroatoms. The molecule has 0 fully saturated rings. The molecule has 2 aromatic carbocycles. The predicted octanol–water partition coefficient (Wildman–Crippen LogP) is 3.84. The van der Waals surface area contributed by atoms with E-state index in [9.17, 15) is 4.39 Å². The van der Waals surface area contributed by atoms with Gasteiger partial charge in [0, 0.05) is 10.6 Å². The van der Waals surface area contributed by atoms with Crippen molar-refractivity contribution < 1.29 is 9.13 Å². The molecule has 19 heavy (non-hydrogen) atoms. The van der Waals surface area contributed by atoms with Crippen LogP contribution in [0.25, 0.3) is 0 Å². The van der Waals surface area contributed by atoms with E-state index in [1.165, 1.54) is 12.1 Å². The highest BCUT2D eigenvalue weighted by Gasteiger charge is 2.17. The molecule has 0 aromatic heterocycles. The Labute approximate surface area is 117 Å². The molecule has 0 spiro atoms. The van der Waals surface area contributed by atoms with Crippen molar-refractivity contribution >= 4 is 11.6 Å². The molecule has 2 rings (SSSR count). The minimum Gasteiger partial charge on any atom is -0.496 e. The predicted molar refractivity (Wildman–Crippen MR) is 75.2 cm³/mol. The molecule has 0 aliphatic carbocycles. The van der Waals surface area contributed by atoms with Gasteiger partial charge in [0.05, 0.1) is 13.2 Å². The van der Waals surface area contributed by atoms with Crippen molar-refractivity contribution in [2.75, 3.05) is 7.11 Å². The lowest BCUT2D eigenvalue weighted by atomic mass is 9.97. The van der Waals surface area contributed by atoms with Gasteiger partial charge in [-0.2, -0.15) is 0 Å². The van der Waals surface area contributed by atoms with E-state index in [4.69, 9.17) is 22.1 Å². The Morgan fingerprint density at radius 2 is 1.89 bits per heavy atom. The zero-order valence-corrected chi connectivity index (χ0v) is 11.5. The lowest BCUT2D eigenvalue weighted by Gasteiger charge is -2.18. The first-order chi connectivity index (χ1) is 9.02. The van der Waals surface area contributed by atoms with Crippen LogP contribution in [0.4, 0.5) is 4.39 Å². The third kappa shape index (κ3) is 2.88. The molecule has 2 aromatic rings. The highest BCUT2D eigenvalue weighted by atomic mass is 35.5. The van der Waals surface area contributed by atoms with Crippen LogP contribution in [0.1, 0.15) is 22.7 Å². The number of ether oxygens (including phenoxy) is 1. The summed E-state index contributed by atoms with van der Waals surface area (Å²) in [5.41, 5.74) is 8.80. The Hall–Kier alpha value is -1.58. The van der Waals surface area contributed by atoms with Crippen LogP contribution in [-0.4, -0.2) is 7.11 Å².